The predicted octanol–water partition coefficient (Wildman–Crippen LogP) is 4.62. The molecule has 2 aliphatic rings. The highest BCUT2D eigenvalue weighted by Gasteiger charge is 2.11. The summed E-state index contributed by atoms with van der Waals surface area (Å²) in [5.41, 5.74) is 12.5. The molecule has 154 valence electrons. The molecule has 3 heterocycles. The van der Waals surface area contributed by atoms with Gasteiger partial charge in [0.2, 0.25) is 5.95 Å². The second-order valence-electron chi connectivity index (χ2n) is 7.75. The fourth-order valence-electron chi connectivity index (χ4n) is 3.79. The van der Waals surface area contributed by atoms with Crippen molar-refractivity contribution in [3.8, 4) is 11.3 Å². The molecule has 0 aliphatic carbocycles. The molecular formula is C24H27N5O. The molecule has 5 rings (SSSR count). The topological polar surface area (TPSA) is 92.9 Å². The Balaban J connectivity index is 1.69. The molecule has 0 radical (unpaired) electrons. The second kappa shape index (κ2) is 8.95. The maximum Gasteiger partial charge on any atom is 0.251 e. The fourth-order valence-corrected chi connectivity index (χ4v) is 3.79. The largest absolute Gasteiger partial charge is 0.399 e. The van der Waals surface area contributed by atoms with Crippen molar-refractivity contribution >= 4 is 23.2 Å². The normalized spacial score (nSPS) is 14.8. The molecule has 1 aromatic heterocycles. The van der Waals surface area contributed by atoms with Crippen LogP contribution in [-0.2, 0) is 6.42 Å². The summed E-state index contributed by atoms with van der Waals surface area (Å²) in [4.78, 5) is 21.5. The van der Waals surface area contributed by atoms with Crippen LogP contribution in [0, 0.1) is 6.92 Å². The number of carbonyl (C=O) groups is 1. The van der Waals surface area contributed by atoms with E-state index < -0.39 is 0 Å². The number of nitrogens with one attached hydrogen (secondary N) is 2. The first-order valence-corrected chi connectivity index (χ1v) is 10.5. The number of aryl methyl sites for hydroxylation is 2. The Morgan fingerprint density at radius 2 is 1.87 bits per heavy atom. The van der Waals surface area contributed by atoms with Crippen LogP contribution in [0.2, 0.25) is 0 Å². The van der Waals surface area contributed by atoms with Crippen LogP contribution in [-0.4, -0.2) is 22.4 Å². The molecule has 6 nitrogen and oxygen atoms in total. The van der Waals surface area contributed by atoms with Crippen LogP contribution in [0.1, 0.15) is 47.2 Å². The first-order chi connectivity index (χ1) is 14.6. The highest BCUT2D eigenvalue weighted by atomic mass is 16.1. The number of anilines is 3. The summed E-state index contributed by atoms with van der Waals surface area (Å²) >= 11 is 0. The van der Waals surface area contributed by atoms with Crippen molar-refractivity contribution in [1.82, 2.24) is 15.3 Å². The molecule has 6 bridgehead atoms. The molecule has 2 aromatic carbocycles. The van der Waals surface area contributed by atoms with Crippen molar-refractivity contribution in [3.63, 3.8) is 0 Å². The van der Waals surface area contributed by atoms with Crippen LogP contribution in [0.4, 0.5) is 17.3 Å². The Bertz CT molecular complexity index is 1060. The van der Waals surface area contributed by atoms with E-state index in [1.165, 1.54) is 0 Å². The molecule has 1 amide bonds. The molecule has 2 aliphatic heterocycles. The van der Waals surface area contributed by atoms with E-state index in [1.54, 1.807) is 6.20 Å². The zero-order chi connectivity index (χ0) is 20.9. The average molecular weight is 402 g/mol. The van der Waals surface area contributed by atoms with Crippen LogP contribution in [0.5, 0.6) is 0 Å². The predicted molar refractivity (Wildman–Crippen MR) is 121 cm³/mol. The van der Waals surface area contributed by atoms with E-state index in [0.29, 0.717) is 18.1 Å². The molecular weight excluding hydrogens is 374 g/mol. The molecule has 0 spiro atoms. The molecule has 6 heteroatoms. The summed E-state index contributed by atoms with van der Waals surface area (Å²) in [6.07, 6.45) is 6.89. The van der Waals surface area contributed by atoms with E-state index >= 15 is 0 Å². The van der Waals surface area contributed by atoms with Crippen LogP contribution < -0.4 is 16.4 Å². The average Bonchev–Trinajstić information content (AvgIpc) is 2.74. The number of benzene rings is 2. The van der Waals surface area contributed by atoms with E-state index in [0.717, 1.165) is 65.9 Å². The summed E-state index contributed by atoms with van der Waals surface area (Å²) in [5, 5.41) is 6.33. The minimum absolute atomic E-state index is 0.0311. The highest BCUT2D eigenvalue weighted by molar-refractivity contribution is 5.95. The first kappa shape index (κ1) is 19.9. The van der Waals surface area contributed by atoms with Gasteiger partial charge in [0.05, 0.1) is 5.69 Å². The van der Waals surface area contributed by atoms with Gasteiger partial charge in [0.1, 0.15) is 0 Å². The number of nitrogens with two attached hydrogens (primary N) is 1. The van der Waals surface area contributed by atoms with Gasteiger partial charge < -0.3 is 16.4 Å². The monoisotopic (exact) mass is 401 g/mol. The number of aromatic nitrogens is 2. The van der Waals surface area contributed by atoms with Gasteiger partial charge in [-0.1, -0.05) is 18.9 Å². The quantitative estimate of drug-likeness (QED) is 0.478. The lowest BCUT2D eigenvalue weighted by Gasteiger charge is -2.11. The number of carbonyl (C=O) groups excluding carboxylic acids is 1. The molecule has 0 atom stereocenters. The van der Waals surface area contributed by atoms with Gasteiger partial charge in [-0.05, 0) is 73.7 Å². The van der Waals surface area contributed by atoms with Gasteiger partial charge in [-0.3, -0.25) is 4.79 Å². The number of hydrogen-bond acceptors (Lipinski definition) is 5. The summed E-state index contributed by atoms with van der Waals surface area (Å²) in [7, 11) is 0. The van der Waals surface area contributed by atoms with Gasteiger partial charge in [0, 0.05) is 35.2 Å². The third kappa shape index (κ3) is 4.59. The Morgan fingerprint density at radius 3 is 2.73 bits per heavy atom. The smallest absolute Gasteiger partial charge is 0.251 e. The number of nitrogen functional groups attached to an aromatic ring is 1. The van der Waals surface area contributed by atoms with Crippen molar-refractivity contribution in [3.05, 3.63) is 65.4 Å². The molecule has 0 saturated carbocycles. The first-order valence-electron chi connectivity index (χ1n) is 10.5. The van der Waals surface area contributed by atoms with Gasteiger partial charge in [0.15, 0.2) is 0 Å². The van der Waals surface area contributed by atoms with Gasteiger partial charge in [-0.15, -0.1) is 0 Å². The van der Waals surface area contributed by atoms with Crippen molar-refractivity contribution in [1.29, 1.82) is 0 Å². The Kier molecular flexibility index (Phi) is 5.93. The summed E-state index contributed by atoms with van der Waals surface area (Å²) in [5.74, 6) is 0.499. The van der Waals surface area contributed by atoms with Crippen LogP contribution in [0.15, 0.2) is 48.7 Å². The van der Waals surface area contributed by atoms with Crippen LogP contribution >= 0.6 is 0 Å². The molecule has 30 heavy (non-hydrogen) atoms. The van der Waals surface area contributed by atoms with E-state index in [4.69, 9.17) is 5.73 Å². The Hall–Kier alpha value is -3.41. The number of amides is 1. The van der Waals surface area contributed by atoms with Crippen molar-refractivity contribution in [2.75, 3.05) is 17.6 Å². The minimum atomic E-state index is -0.0311. The summed E-state index contributed by atoms with van der Waals surface area (Å²) in [6.45, 7) is 2.69. The van der Waals surface area contributed by atoms with E-state index in [1.807, 2.05) is 43.3 Å². The number of rotatable bonds is 0. The number of hydrogen-bond donors (Lipinski definition) is 3. The lowest BCUT2D eigenvalue weighted by atomic mass is 10.0. The third-order valence-corrected chi connectivity index (χ3v) is 5.48. The Morgan fingerprint density at radius 1 is 1.00 bits per heavy atom. The molecule has 4 N–H and O–H groups in total. The number of nitrogens with zero attached hydrogens (tertiary/aromatic N) is 2. The fraction of sp³-hybridized carbons (Fsp3) is 0.292. The van der Waals surface area contributed by atoms with E-state index in [2.05, 4.69) is 26.7 Å². The second-order valence-corrected chi connectivity index (χ2v) is 7.75. The van der Waals surface area contributed by atoms with Crippen molar-refractivity contribution in [2.45, 2.75) is 39.0 Å². The molecule has 0 saturated heterocycles. The summed E-state index contributed by atoms with van der Waals surface area (Å²) < 4.78 is 0. The lowest BCUT2D eigenvalue weighted by Crippen LogP contribution is -2.24. The Labute approximate surface area is 176 Å². The van der Waals surface area contributed by atoms with Gasteiger partial charge in [-0.2, -0.15) is 0 Å². The maximum atomic E-state index is 12.5. The maximum absolute atomic E-state index is 12.5. The zero-order valence-electron chi connectivity index (χ0n) is 17.2. The van der Waals surface area contributed by atoms with Crippen LogP contribution in [0.25, 0.3) is 11.3 Å². The van der Waals surface area contributed by atoms with E-state index in [-0.39, 0.29) is 5.91 Å². The van der Waals surface area contributed by atoms with Gasteiger partial charge in [0.25, 0.3) is 5.91 Å². The lowest BCUT2D eigenvalue weighted by molar-refractivity contribution is 0.0953. The molecule has 3 aromatic rings. The standard InChI is InChI=1S/C24H27N5O/c1-16-14-18-7-9-20(16)22-11-13-27-24(29-22)28-19-8-10-21(25)17(15-19)6-4-2-3-5-12-26-23(18)30/h7-11,13-15H,2-6,12,25H2,1H3,(H,26,30)(H,27,28,29). The zero-order valence-corrected chi connectivity index (χ0v) is 17.2. The van der Waals surface area contributed by atoms with E-state index in [9.17, 15) is 4.79 Å². The van der Waals surface area contributed by atoms with Crippen molar-refractivity contribution in [2.24, 2.45) is 0 Å². The molecule has 0 unspecified atom stereocenters. The number of fused-ring (bicyclic) bond motifs is 9. The van der Waals surface area contributed by atoms with Gasteiger partial charge in [-0.25, -0.2) is 9.97 Å². The SMILES string of the molecule is Cc1cc2ccc1-c1ccnc(n1)Nc1ccc(N)c(c1)CCCCCCNC2=O. The van der Waals surface area contributed by atoms with Crippen molar-refractivity contribution < 1.29 is 4.79 Å². The molecule has 0 fully saturated rings. The van der Waals surface area contributed by atoms with Gasteiger partial charge >= 0.3 is 0 Å². The summed E-state index contributed by atoms with van der Waals surface area (Å²) in [6, 6.07) is 13.6. The van der Waals surface area contributed by atoms with Crippen LogP contribution in [0.3, 0.4) is 0 Å². The highest BCUT2D eigenvalue weighted by Crippen LogP contribution is 2.26. The third-order valence-electron chi connectivity index (χ3n) is 5.48. The minimum Gasteiger partial charge on any atom is -0.399 e.